The molecule has 8 rings (SSSR count). The minimum absolute atomic E-state index is 0.0172. The van der Waals surface area contributed by atoms with Crippen LogP contribution < -0.4 is 5.32 Å². The van der Waals surface area contributed by atoms with Gasteiger partial charge in [-0.05, 0) is 152 Å². The lowest BCUT2D eigenvalue weighted by atomic mass is 9.63. The Bertz CT molecular complexity index is 2740. The first-order valence-electron chi connectivity index (χ1n) is 20.0. The van der Waals surface area contributed by atoms with E-state index in [1.807, 2.05) is 36.4 Å². The first-order valence-corrected chi connectivity index (χ1v) is 21.4. The number of nitrogens with one attached hydrogen (secondary N) is 1. The molecule has 6 aromatic rings. The van der Waals surface area contributed by atoms with Gasteiger partial charge in [0.25, 0.3) is 0 Å². The van der Waals surface area contributed by atoms with E-state index >= 15 is 0 Å². The maximum absolute atomic E-state index is 13.4. The monoisotopic (exact) mass is 795 g/mol. The average molecular weight is 796 g/mol. The van der Waals surface area contributed by atoms with Crippen LogP contribution in [0, 0.1) is 0 Å². The zero-order valence-corrected chi connectivity index (χ0v) is 35.5. The molecule has 6 aromatic carbocycles. The molecule has 0 bridgehead atoms. The van der Waals surface area contributed by atoms with Gasteiger partial charge in [-0.3, -0.25) is 0 Å². The van der Waals surface area contributed by atoms with Crippen molar-refractivity contribution in [2.75, 3.05) is 5.32 Å². The summed E-state index contributed by atoms with van der Waals surface area (Å²) in [5.41, 5.74) is 8.00. The SMILES string of the molecule is CC1(C)CCC(C)(C)c2cc(Nc3ccc4c(C(=O)O)cccc4c3)ccc21.CC1(C)CCC(C)(C)c2cc(S(=O)(=O)c3ccc4c(C(=O)O)cccc4c3)ccc21. The summed E-state index contributed by atoms with van der Waals surface area (Å²) < 4.78 is 26.9. The Balaban J connectivity index is 0.000000177. The van der Waals surface area contributed by atoms with Crippen molar-refractivity contribution in [2.24, 2.45) is 0 Å². The minimum Gasteiger partial charge on any atom is -0.478 e. The van der Waals surface area contributed by atoms with Crippen LogP contribution >= 0.6 is 0 Å². The van der Waals surface area contributed by atoms with Crippen molar-refractivity contribution in [3.8, 4) is 0 Å². The predicted molar refractivity (Wildman–Crippen MR) is 234 cm³/mol. The van der Waals surface area contributed by atoms with Crippen molar-refractivity contribution in [3.05, 3.63) is 143 Å². The predicted octanol–water partition coefficient (Wildman–Crippen LogP) is 12.4. The first-order chi connectivity index (χ1) is 27.1. The van der Waals surface area contributed by atoms with Crippen molar-refractivity contribution in [3.63, 3.8) is 0 Å². The van der Waals surface area contributed by atoms with E-state index in [0.29, 0.717) is 16.3 Å². The number of sulfone groups is 1. The molecule has 58 heavy (non-hydrogen) atoms. The van der Waals surface area contributed by atoms with Gasteiger partial charge in [0.05, 0.1) is 20.9 Å². The van der Waals surface area contributed by atoms with Crippen molar-refractivity contribution in [1.82, 2.24) is 0 Å². The van der Waals surface area contributed by atoms with Gasteiger partial charge in [-0.25, -0.2) is 18.0 Å². The Kier molecular flexibility index (Phi) is 10.1. The molecule has 0 heterocycles. The molecular weight excluding hydrogens is 743 g/mol. The van der Waals surface area contributed by atoms with Crippen molar-refractivity contribution >= 4 is 54.7 Å². The molecule has 2 aliphatic carbocycles. The zero-order valence-electron chi connectivity index (χ0n) is 34.7. The van der Waals surface area contributed by atoms with Crippen LogP contribution in [0.4, 0.5) is 11.4 Å². The number of aromatic carboxylic acids is 2. The van der Waals surface area contributed by atoms with Gasteiger partial charge in [-0.15, -0.1) is 0 Å². The van der Waals surface area contributed by atoms with E-state index in [1.165, 1.54) is 41.7 Å². The topological polar surface area (TPSA) is 121 Å². The summed E-state index contributed by atoms with van der Waals surface area (Å²) in [6.45, 7) is 18.1. The second-order valence-corrected chi connectivity index (χ2v) is 20.6. The molecule has 0 saturated carbocycles. The minimum atomic E-state index is -3.73. The molecule has 3 N–H and O–H groups in total. The van der Waals surface area contributed by atoms with Crippen molar-refractivity contribution in [1.29, 1.82) is 0 Å². The molecule has 8 heteroatoms. The molecular formula is C50H53NO6S. The molecule has 0 spiro atoms. The largest absolute Gasteiger partial charge is 0.478 e. The van der Waals surface area contributed by atoms with Gasteiger partial charge < -0.3 is 15.5 Å². The number of hydrogen-bond donors (Lipinski definition) is 3. The van der Waals surface area contributed by atoms with E-state index in [4.69, 9.17) is 0 Å². The van der Waals surface area contributed by atoms with Crippen LogP contribution in [-0.2, 0) is 31.5 Å². The van der Waals surface area contributed by atoms with E-state index in [2.05, 4.69) is 78.9 Å². The molecule has 0 aliphatic heterocycles. The molecule has 0 unspecified atom stereocenters. The summed E-state index contributed by atoms with van der Waals surface area (Å²) in [5, 5.41) is 25.1. The molecule has 0 atom stereocenters. The summed E-state index contributed by atoms with van der Waals surface area (Å²) in [4.78, 5) is 23.3. The quantitative estimate of drug-likeness (QED) is 0.153. The third-order valence-corrected chi connectivity index (χ3v) is 14.5. The number of fused-ring (bicyclic) bond motifs is 4. The van der Waals surface area contributed by atoms with Gasteiger partial charge in [-0.2, -0.15) is 0 Å². The van der Waals surface area contributed by atoms with E-state index in [0.717, 1.165) is 40.6 Å². The highest BCUT2D eigenvalue weighted by Gasteiger charge is 2.39. The third kappa shape index (κ3) is 7.50. The summed E-state index contributed by atoms with van der Waals surface area (Å²) in [6.07, 6.45) is 4.46. The average Bonchev–Trinajstić information content (AvgIpc) is 3.17. The Morgan fingerprint density at radius 1 is 0.483 bits per heavy atom. The highest BCUT2D eigenvalue weighted by molar-refractivity contribution is 7.91. The van der Waals surface area contributed by atoms with E-state index in [-0.39, 0.29) is 37.0 Å². The van der Waals surface area contributed by atoms with E-state index in [9.17, 15) is 28.2 Å². The molecule has 300 valence electrons. The normalized spacial score (nSPS) is 17.3. The number of carboxylic acids is 2. The first kappa shape index (κ1) is 40.7. The van der Waals surface area contributed by atoms with Gasteiger partial charge >= 0.3 is 11.9 Å². The van der Waals surface area contributed by atoms with Crippen LogP contribution in [-0.4, -0.2) is 30.6 Å². The number of hydrogen-bond acceptors (Lipinski definition) is 5. The summed E-state index contributed by atoms with van der Waals surface area (Å²) in [5.74, 6) is -1.93. The maximum atomic E-state index is 13.4. The summed E-state index contributed by atoms with van der Waals surface area (Å²) in [7, 11) is -3.73. The van der Waals surface area contributed by atoms with Crippen LogP contribution in [0.25, 0.3) is 21.5 Å². The third-order valence-electron chi connectivity index (χ3n) is 12.8. The van der Waals surface area contributed by atoms with Gasteiger partial charge in [0.1, 0.15) is 0 Å². The van der Waals surface area contributed by atoms with E-state index < -0.39 is 21.8 Å². The molecule has 0 radical (unpaired) electrons. The number of benzene rings is 6. The maximum Gasteiger partial charge on any atom is 0.336 e. The Morgan fingerprint density at radius 2 is 0.879 bits per heavy atom. The summed E-state index contributed by atoms with van der Waals surface area (Å²) in [6, 6.07) is 33.0. The van der Waals surface area contributed by atoms with Crippen LogP contribution in [0.15, 0.2) is 119 Å². The van der Waals surface area contributed by atoms with Crippen LogP contribution in [0.2, 0.25) is 0 Å². The lowest BCUT2D eigenvalue weighted by Crippen LogP contribution is -2.34. The fraction of sp³-hybridized carbons (Fsp3) is 0.320. The highest BCUT2D eigenvalue weighted by Crippen LogP contribution is 2.48. The lowest BCUT2D eigenvalue weighted by molar-refractivity contribution is 0.0688. The Morgan fingerprint density at radius 3 is 1.41 bits per heavy atom. The number of rotatable bonds is 6. The van der Waals surface area contributed by atoms with Gasteiger partial charge in [-0.1, -0.05) is 104 Å². The fourth-order valence-corrected chi connectivity index (χ4v) is 10.2. The zero-order chi connectivity index (χ0) is 42.0. The molecule has 7 nitrogen and oxygen atoms in total. The van der Waals surface area contributed by atoms with Gasteiger partial charge in [0.2, 0.25) is 9.84 Å². The number of anilines is 2. The van der Waals surface area contributed by atoms with Crippen LogP contribution in [0.5, 0.6) is 0 Å². The number of carbonyl (C=O) groups is 2. The Hall–Kier alpha value is -5.47. The molecule has 0 fully saturated rings. The molecule has 0 aromatic heterocycles. The summed E-state index contributed by atoms with van der Waals surface area (Å²) >= 11 is 0. The van der Waals surface area contributed by atoms with E-state index in [1.54, 1.807) is 42.5 Å². The molecule has 0 amide bonds. The van der Waals surface area contributed by atoms with Crippen molar-refractivity contribution in [2.45, 2.75) is 113 Å². The smallest absolute Gasteiger partial charge is 0.336 e. The standard InChI is InChI=1S/C25H27NO2.C25H26O4S/c1-24(2)12-13-25(3,4)22-15-18(9-11-21(22)24)26-17-8-10-19-16(14-17)6-5-7-20(19)23(27)28;1-24(2)12-13-25(3,4)22-15-18(9-11-21(22)24)30(28,29)17-8-10-19-16(14-17)6-5-7-20(19)23(26)27/h5-11,14-15,26H,12-13H2,1-4H3,(H,27,28);5-11,14-15H,12-13H2,1-4H3,(H,26,27). The lowest BCUT2D eigenvalue weighted by Gasteiger charge is -2.42. The second-order valence-electron chi connectivity index (χ2n) is 18.7. The van der Waals surface area contributed by atoms with Gasteiger partial charge in [0, 0.05) is 11.4 Å². The highest BCUT2D eigenvalue weighted by atomic mass is 32.2. The Labute approximate surface area is 342 Å². The number of carboxylic acid groups (broad SMARTS) is 2. The fourth-order valence-electron chi connectivity index (χ4n) is 8.87. The van der Waals surface area contributed by atoms with Crippen LogP contribution in [0.1, 0.15) is 124 Å². The molecule has 0 saturated heterocycles. The van der Waals surface area contributed by atoms with Crippen LogP contribution in [0.3, 0.4) is 0 Å². The molecule has 2 aliphatic rings. The second kappa shape index (κ2) is 14.4. The van der Waals surface area contributed by atoms with Crippen molar-refractivity contribution < 1.29 is 28.2 Å². The van der Waals surface area contributed by atoms with Gasteiger partial charge in [0.15, 0.2) is 0 Å².